The average Bonchev–Trinajstić information content (AvgIpc) is 3.55. The quantitative estimate of drug-likeness (QED) is 0.461. The number of halogens is 1. The fourth-order valence-corrected chi connectivity index (χ4v) is 4.84. The molecular weight excluding hydrogens is 461 g/mol. The number of anilines is 1. The van der Waals surface area contributed by atoms with Crippen LogP contribution < -0.4 is 10.1 Å². The van der Waals surface area contributed by atoms with Gasteiger partial charge in [-0.05, 0) is 36.8 Å². The van der Waals surface area contributed by atoms with Crippen molar-refractivity contribution in [2.24, 2.45) is 0 Å². The van der Waals surface area contributed by atoms with E-state index < -0.39 is 0 Å². The number of aromatic nitrogens is 3. The fraction of sp³-hybridized carbons (Fsp3) is 0.296. The van der Waals surface area contributed by atoms with Gasteiger partial charge in [0.2, 0.25) is 5.95 Å². The zero-order chi connectivity index (χ0) is 24.6. The van der Waals surface area contributed by atoms with Crippen LogP contribution in [-0.2, 0) is 17.7 Å². The molecule has 2 aromatic carbocycles. The smallest absolute Gasteiger partial charge is 0.254 e. The Morgan fingerprint density at radius 3 is 2.72 bits per heavy atom. The molecule has 4 heterocycles. The van der Waals surface area contributed by atoms with Crippen LogP contribution in [-0.4, -0.2) is 58.1 Å². The molecule has 1 N–H and O–H groups in total. The molecule has 4 aromatic rings. The molecule has 2 aliphatic heterocycles. The molecule has 184 valence electrons. The molecule has 0 bridgehead atoms. The minimum absolute atomic E-state index is 0.00866. The first-order chi connectivity index (χ1) is 17.6. The second-order valence-electron chi connectivity index (χ2n) is 9.01. The van der Waals surface area contributed by atoms with Crippen LogP contribution in [0.4, 0.5) is 10.3 Å². The molecule has 6 rings (SSSR count). The number of nitrogens with zero attached hydrogens (tertiary/aromatic N) is 4. The second kappa shape index (κ2) is 9.23. The average molecular weight is 488 g/mol. The summed E-state index contributed by atoms with van der Waals surface area (Å²) >= 11 is 0. The molecule has 0 saturated carbocycles. The van der Waals surface area contributed by atoms with Crippen molar-refractivity contribution in [3.05, 3.63) is 77.0 Å². The van der Waals surface area contributed by atoms with Gasteiger partial charge in [0.15, 0.2) is 0 Å². The molecule has 36 heavy (non-hydrogen) atoms. The number of hydrogen-bond donors (Lipinski definition) is 1. The first-order valence-electron chi connectivity index (χ1n) is 12.1. The van der Waals surface area contributed by atoms with E-state index in [1.54, 1.807) is 12.3 Å². The third-order valence-electron chi connectivity index (χ3n) is 6.72. The van der Waals surface area contributed by atoms with Crippen molar-refractivity contribution in [1.29, 1.82) is 0 Å². The highest BCUT2D eigenvalue weighted by Gasteiger charge is 2.21. The molecule has 0 spiro atoms. The number of rotatable bonds is 5. The summed E-state index contributed by atoms with van der Waals surface area (Å²) in [6.45, 7) is 5.13. The van der Waals surface area contributed by atoms with Crippen LogP contribution in [0.5, 0.6) is 5.75 Å². The number of morpholine rings is 1. The molecule has 0 radical (unpaired) electrons. The fourth-order valence-electron chi connectivity index (χ4n) is 4.84. The Morgan fingerprint density at radius 1 is 1.11 bits per heavy atom. The highest BCUT2D eigenvalue weighted by molar-refractivity contribution is 5.95. The third kappa shape index (κ3) is 4.05. The van der Waals surface area contributed by atoms with E-state index in [-0.39, 0.29) is 18.3 Å². The minimum atomic E-state index is -0.256. The van der Waals surface area contributed by atoms with E-state index in [9.17, 15) is 9.18 Å². The number of aryl methyl sites for hydroxylation is 1. The van der Waals surface area contributed by atoms with Crippen molar-refractivity contribution in [2.45, 2.75) is 19.9 Å². The van der Waals surface area contributed by atoms with Crippen LogP contribution in [0.3, 0.4) is 0 Å². The summed E-state index contributed by atoms with van der Waals surface area (Å²) in [6.07, 6.45) is 4.36. The number of benzene rings is 2. The van der Waals surface area contributed by atoms with Crippen molar-refractivity contribution in [2.75, 3.05) is 38.2 Å². The predicted octanol–water partition coefficient (Wildman–Crippen LogP) is 3.86. The maximum absolute atomic E-state index is 14.6. The Kier molecular flexibility index (Phi) is 5.77. The van der Waals surface area contributed by atoms with Crippen molar-refractivity contribution >= 4 is 17.5 Å². The van der Waals surface area contributed by atoms with Gasteiger partial charge in [-0.2, -0.15) is 0 Å². The van der Waals surface area contributed by atoms with Gasteiger partial charge in [-0.25, -0.2) is 14.4 Å². The van der Waals surface area contributed by atoms with Gasteiger partial charge in [-0.1, -0.05) is 12.1 Å². The van der Waals surface area contributed by atoms with Crippen LogP contribution in [0.25, 0.3) is 16.8 Å². The molecule has 0 unspecified atom stereocenters. The van der Waals surface area contributed by atoms with E-state index in [4.69, 9.17) is 14.5 Å². The van der Waals surface area contributed by atoms with Crippen LogP contribution >= 0.6 is 0 Å². The Balaban J connectivity index is 1.27. The van der Waals surface area contributed by atoms with Gasteiger partial charge in [0.1, 0.15) is 17.2 Å². The summed E-state index contributed by atoms with van der Waals surface area (Å²) in [5.41, 5.74) is 5.48. The molecule has 2 aliphatic rings. The number of carbonyl (C=O) groups is 1. The van der Waals surface area contributed by atoms with E-state index in [1.807, 2.05) is 46.7 Å². The number of nitrogens with one attached hydrogen (secondary N) is 1. The highest BCUT2D eigenvalue weighted by atomic mass is 19.1. The standard InChI is InChI=1S/C27H26FN5O3/c1-17-16-33-25(31-17)21(18-2-4-19(5-3-18)26(34)32-9-12-35-13-10-32)14-29-27(33)30-15-22-20-8-11-36-24(20)7-6-23(22)28/h2-7,14,16H,8-13,15H2,1H3,(H,29,30). The number of carbonyl (C=O) groups excluding carboxylic acids is 1. The lowest BCUT2D eigenvalue weighted by Crippen LogP contribution is -2.40. The minimum Gasteiger partial charge on any atom is -0.493 e. The maximum Gasteiger partial charge on any atom is 0.254 e. The van der Waals surface area contributed by atoms with Gasteiger partial charge in [0.25, 0.3) is 5.91 Å². The predicted molar refractivity (Wildman–Crippen MR) is 133 cm³/mol. The molecule has 0 aliphatic carbocycles. The highest BCUT2D eigenvalue weighted by Crippen LogP contribution is 2.31. The van der Waals surface area contributed by atoms with Gasteiger partial charge < -0.3 is 19.7 Å². The largest absolute Gasteiger partial charge is 0.493 e. The van der Waals surface area contributed by atoms with E-state index in [0.29, 0.717) is 56.4 Å². The number of amides is 1. The van der Waals surface area contributed by atoms with E-state index in [0.717, 1.165) is 33.8 Å². The van der Waals surface area contributed by atoms with Crippen molar-refractivity contribution < 1.29 is 18.7 Å². The van der Waals surface area contributed by atoms with E-state index in [2.05, 4.69) is 10.3 Å². The number of fused-ring (bicyclic) bond motifs is 2. The van der Waals surface area contributed by atoms with Gasteiger partial charge in [-0.15, -0.1) is 0 Å². The molecule has 2 aromatic heterocycles. The Hall–Kier alpha value is -3.98. The summed E-state index contributed by atoms with van der Waals surface area (Å²) in [7, 11) is 0. The molecule has 0 atom stereocenters. The van der Waals surface area contributed by atoms with Crippen molar-refractivity contribution in [1.82, 2.24) is 19.3 Å². The van der Waals surface area contributed by atoms with Crippen molar-refractivity contribution in [3.63, 3.8) is 0 Å². The second-order valence-corrected chi connectivity index (χ2v) is 9.01. The Labute approximate surface area is 207 Å². The van der Waals surface area contributed by atoms with Crippen LogP contribution in [0.1, 0.15) is 27.2 Å². The monoisotopic (exact) mass is 487 g/mol. The summed E-state index contributed by atoms with van der Waals surface area (Å²) in [5, 5.41) is 3.28. The topological polar surface area (TPSA) is 81.0 Å². The molecule has 1 saturated heterocycles. The molecule has 1 fully saturated rings. The normalized spacial score (nSPS) is 15.1. The molecule has 9 heteroatoms. The SMILES string of the molecule is Cc1cn2c(NCc3c(F)ccc4c3CCO4)ncc(-c3ccc(C(=O)N4CCOCC4)cc3)c2n1. The number of ether oxygens (including phenoxy) is 2. The summed E-state index contributed by atoms with van der Waals surface area (Å²) < 4.78 is 27.4. The van der Waals surface area contributed by atoms with Gasteiger partial charge >= 0.3 is 0 Å². The van der Waals surface area contributed by atoms with Crippen LogP contribution in [0.2, 0.25) is 0 Å². The number of hydrogen-bond acceptors (Lipinski definition) is 6. The van der Waals surface area contributed by atoms with Gasteiger partial charge in [0.05, 0.1) is 25.5 Å². The van der Waals surface area contributed by atoms with E-state index >= 15 is 0 Å². The molecular formula is C27H26FN5O3. The zero-order valence-electron chi connectivity index (χ0n) is 20.0. The first kappa shape index (κ1) is 22.5. The summed E-state index contributed by atoms with van der Waals surface area (Å²) in [4.78, 5) is 23.9. The van der Waals surface area contributed by atoms with Gasteiger partial charge in [-0.3, -0.25) is 9.20 Å². The van der Waals surface area contributed by atoms with Crippen LogP contribution in [0, 0.1) is 12.7 Å². The lowest BCUT2D eigenvalue weighted by molar-refractivity contribution is 0.0303. The van der Waals surface area contributed by atoms with Crippen molar-refractivity contribution in [3.8, 4) is 16.9 Å². The lowest BCUT2D eigenvalue weighted by Gasteiger charge is -2.26. The Morgan fingerprint density at radius 2 is 1.92 bits per heavy atom. The third-order valence-corrected chi connectivity index (χ3v) is 6.72. The first-order valence-corrected chi connectivity index (χ1v) is 12.1. The van der Waals surface area contributed by atoms with Crippen LogP contribution in [0.15, 0.2) is 48.8 Å². The summed E-state index contributed by atoms with van der Waals surface area (Å²) in [5.74, 6) is 1.07. The number of imidazole rings is 1. The Bertz CT molecular complexity index is 1440. The lowest BCUT2D eigenvalue weighted by atomic mass is 10.0. The van der Waals surface area contributed by atoms with Gasteiger partial charge in [0, 0.05) is 60.7 Å². The molecule has 8 nitrogen and oxygen atoms in total. The summed E-state index contributed by atoms with van der Waals surface area (Å²) in [6, 6.07) is 10.7. The van der Waals surface area contributed by atoms with E-state index in [1.165, 1.54) is 6.07 Å². The maximum atomic E-state index is 14.6. The molecule has 1 amide bonds. The zero-order valence-corrected chi connectivity index (χ0v) is 20.0.